The Bertz CT molecular complexity index is 1040. The fourth-order valence-electron chi connectivity index (χ4n) is 3.65. The lowest BCUT2D eigenvalue weighted by molar-refractivity contribution is -0.137. The molecule has 1 aliphatic heterocycles. The van der Waals surface area contributed by atoms with Crippen LogP contribution in [0, 0.1) is 5.82 Å². The van der Waals surface area contributed by atoms with Crippen LogP contribution in [0.25, 0.3) is 0 Å². The second-order valence-electron chi connectivity index (χ2n) is 7.21. The molecule has 0 aliphatic carbocycles. The van der Waals surface area contributed by atoms with Crippen molar-refractivity contribution in [3.05, 3.63) is 71.4 Å². The van der Waals surface area contributed by atoms with Crippen LogP contribution < -0.4 is 10.2 Å². The fourth-order valence-corrected chi connectivity index (χ4v) is 3.65. The van der Waals surface area contributed by atoms with Crippen molar-refractivity contribution >= 4 is 11.6 Å². The van der Waals surface area contributed by atoms with Crippen molar-refractivity contribution in [1.29, 1.82) is 0 Å². The van der Waals surface area contributed by atoms with Gasteiger partial charge in [-0.05, 0) is 36.1 Å². The third kappa shape index (κ3) is 4.52. The second-order valence-corrected chi connectivity index (χ2v) is 7.21. The molecule has 1 fully saturated rings. The zero-order valence-electron chi connectivity index (χ0n) is 16.3. The van der Waals surface area contributed by atoms with E-state index in [1.807, 2.05) is 0 Å². The van der Waals surface area contributed by atoms with E-state index in [4.69, 9.17) is 0 Å². The number of anilines is 2. The first-order chi connectivity index (χ1) is 14.8. The first-order valence-electron chi connectivity index (χ1n) is 9.65. The Balaban J connectivity index is 1.54. The van der Waals surface area contributed by atoms with Gasteiger partial charge in [-0.15, -0.1) is 0 Å². The van der Waals surface area contributed by atoms with Crippen LogP contribution in [0.2, 0.25) is 0 Å². The van der Waals surface area contributed by atoms with Crippen LogP contribution in [0.1, 0.15) is 35.6 Å². The lowest BCUT2D eigenvalue weighted by Crippen LogP contribution is -2.25. The minimum atomic E-state index is -4.40. The number of aromatic hydroxyl groups is 1. The molecule has 10 heteroatoms. The molecule has 4 rings (SSSR count). The fraction of sp³-hybridized carbons (Fsp3) is 0.286. The molecule has 0 amide bonds. The lowest BCUT2D eigenvalue weighted by Gasteiger charge is -2.27. The summed E-state index contributed by atoms with van der Waals surface area (Å²) >= 11 is 0. The molecule has 1 unspecified atom stereocenters. The number of rotatable bonds is 5. The maximum absolute atomic E-state index is 15.2. The minimum Gasteiger partial charge on any atom is -0.493 e. The van der Waals surface area contributed by atoms with Gasteiger partial charge in [0.15, 0.2) is 11.6 Å². The number of pyridine rings is 1. The van der Waals surface area contributed by atoms with Gasteiger partial charge in [0, 0.05) is 25.4 Å². The van der Waals surface area contributed by atoms with Crippen molar-refractivity contribution in [2.45, 2.75) is 31.6 Å². The first kappa shape index (κ1) is 20.8. The average molecular weight is 433 g/mol. The van der Waals surface area contributed by atoms with E-state index in [0.29, 0.717) is 18.5 Å². The Morgan fingerprint density at radius 3 is 2.52 bits per heavy atom. The van der Waals surface area contributed by atoms with E-state index < -0.39 is 17.6 Å². The third-order valence-corrected chi connectivity index (χ3v) is 5.19. The molecule has 1 atom stereocenters. The van der Waals surface area contributed by atoms with Crippen molar-refractivity contribution in [2.75, 3.05) is 16.8 Å². The highest BCUT2D eigenvalue weighted by Gasteiger charge is 2.33. The molecule has 0 bridgehead atoms. The van der Waals surface area contributed by atoms with E-state index in [1.165, 1.54) is 30.7 Å². The van der Waals surface area contributed by atoms with Crippen molar-refractivity contribution < 1.29 is 22.7 Å². The van der Waals surface area contributed by atoms with Gasteiger partial charge < -0.3 is 15.3 Å². The molecule has 1 saturated heterocycles. The number of nitrogens with one attached hydrogen (secondary N) is 1. The molecule has 162 valence electrons. The zero-order chi connectivity index (χ0) is 22.0. The van der Waals surface area contributed by atoms with Crippen molar-refractivity contribution in [3.8, 4) is 5.88 Å². The summed E-state index contributed by atoms with van der Waals surface area (Å²) in [6, 6.07) is 7.75. The molecule has 0 saturated carbocycles. The molecule has 6 nitrogen and oxygen atoms in total. The number of hydrogen-bond donors (Lipinski definition) is 2. The number of hydrogen-bond acceptors (Lipinski definition) is 6. The monoisotopic (exact) mass is 433 g/mol. The maximum Gasteiger partial charge on any atom is 0.416 e. The molecule has 3 heterocycles. The van der Waals surface area contributed by atoms with Gasteiger partial charge in [-0.1, -0.05) is 18.2 Å². The SMILES string of the molecule is Oc1ccc(CNc2ncnc(N3CCCC3c3ccc(C(F)(F)F)cc3)c2F)cn1. The van der Waals surface area contributed by atoms with Gasteiger partial charge in [0.2, 0.25) is 11.7 Å². The van der Waals surface area contributed by atoms with Gasteiger partial charge in [0.05, 0.1) is 11.6 Å². The molecule has 1 aromatic carbocycles. The van der Waals surface area contributed by atoms with Gasteiger partial charge >= 0.3 is 6.18 Å². The Hall–Kier alpha value is -3.43. The smallest absolute Gasteiger partial charge is 0.416 e. The van der Waals surface area contributed by atoms with Crippen molar-refractivity contribution in [2.24, 2.45) is 0 Å². The van der Waals surface area contributed by atoms with Crippen LogP contribution in [-0.4, -0.2) is 26.6 Å². The standard InChI is InChI=1S/C21H19F4N5O/c22-18-19(27-11-13-3-8-17(31)26-10-13)28-12-29-20(18)30-9-1-2-16(30)14-4-6-15(7-5-14)21(23,24)25/h3-8,10,12,16H,1-2,9,11H2,(H,26,31)(H,27,28,29). The van der Waals surface area contributed by atoms with Gasteiger partial charge in [-0.25, -0.2) is 15.0 Å². The summed E-state index contributed by atoms with van der Waals surface area (Å²) < 4.78 is 53.7. The third-order valence-electron chi connectivity index (χ3n) is 5.19. The van der Waals surface area contributed by atoms with Crippen LogP contribution in [-0.2, 0) is 12.7 Å². The summed E-state index contributed by atoms with van der Waals surface area (Å²) in [7, 11) is 0. The van der Waals surface area contributed by atoms with E-state index in [2.05, 4.69) is 20.3 Å². The van der Waals surface area contributed by atoms with Crippen molar-refractivity contribution in [1.82, 2.24) is 15.0 Å². The second kappa shape index (κ2) is 8.37. The summed E-state index contributed by atoms with van der Waals surface area (Å²) in [5.74, 6) is -0.629. The summed E-state index contributed by atoms with van der Waals surface area (Å²) in [6.45, 7) is 0.768. The van der Waals surface area contributed by atoms with Gasteiger partial charge in [0.1, 0.15) is 6.33 Å². The number of nitrogens with zero attached hydrogens (tertiary/aromatic N) is 4. The number of benzene rings is 1. The topological polar surface area (TPSA) is 74.2 Å². The van der Waals surface area contributed by atoms with E-state index >= 15 is 4.39 Å². The van der Waals surface area contributed by atoms with Crippen molar-refractivity contribution in [3.63, 3.8) is 0 Å². The van der Waals surface area contributed by atoms with Gasteiger partial charge in [-0.2, -0.15) is 17.6 Å². The highest BCUT2D eigenvalue weighted by atomic mass is 19.4. The Labute approximate surface area is 175 Å². The summed E-state index contributed by atoms with van der Waals surface area (Å²) in [5, 5.41) is 12.1. The van der Waals surface area contributed by atoms with Gasteiger partial charge in [-0.3, -0.25) is 0 Å². The van der Waals surface area contributed by atoms with Gasteiger partial charge in [0.25, 0.3) is 0 Å². The Morgan fingerprint density at radius 1 is 1.06 bits per heavy atom. The van der Waals surface area contributed by atoms with E-state index in [0.717, 1.165) is 24.1 Å². The number of halogens is 4. The predicted octanol–water partition coefficient (Wildman–Crippen LogP) is 4.69. The number of aromatic nitrogens is 3. The Morgan fingerprint density at radius 2 is 1.84 bits per heavy atom. The largest absolute Gasteiger partial charge is 0.493 e. The zero-order valence-corrected chi connectivity index (χ0v) is 16.3. The highest BCUT2D eigenvalue weighted by molar-refractivity contribution is 5.53. The van der Waals surface area contributed by atoms with Crippen LogP contribution in [0.3, 0.4) is 0 Å². The van der Waals surface area contributed by atoms with Crippen LogP contribution in [0.5, 0.6) is 5.88 Å². The molecule has 3 aromatic rings. The lowest BCUT2D eigenvalue weighted by atomic mass is 10.0. The molecule has 0 radical (unpaired) electrons. The molecule has 2 N–H and O–H groups in total. The summed E-state index contributed by atoms with van der Waals surface area (Å²) in [4.78, 5) is 13.6. The normalized spacial score (nSPS) is 16.5. The van der Waals surface area contributed by atoms with Crippen LogP contribution >= 0.6 is 0 Å². The minimum absolute atomic E-state index is 0.0103. The highest BCUT2D eigenvalue weighted by Crippen LogP contribution is 2.38. The van der Waals surface area contributed by atoms with E-state index in [1.54, 1.807) is 11.0 Å². The molecular weight excluding hydrogens is 414 g/mol. The molecule has 0 spiro atoms. The van der Waals surface area contributed by atoms with E-state index in [-0.39, 0.29) is 30.1 Å². The first-order valence-corrected chi connectivity index (χ1v) is 9.65. The quantitative estimate of drug-likeness (QED) is 0.569. The predicted molar refractivity (Wildman–Crippen MR) is 106 cm³/mol. The molecular formula is C21H19F4N5O. The van der Waals surface area contributed by atoms with Crippen LogP contribution in [0.15, 0.2) is 48.9 Å². The average Bonchev–Trinajstić information content (AvgIpc) is 3.23. The number of alkyl halides is 3. The van der Waals surface area contributed by atoms with Crippen LogP contribution in [0.4, 0.5) is 29.2 Å². The van der Waals surface area contributed by atoms with E-state index in [9.17, 15) is 18.3 Å². The maximum atomic E-state index is 15.2. The Kier molecular flexibility index (Phi) is 5.62. The summed E-state index contributed by atoms with van der Waals surface area (Å²) in [6.07, 6.45) is -0.255. The molecule has 31 heavy (non-hydrogen) atoms. The summed E-state index contributed by atoms with van der Waals surface area (Å²) in [5.41, 5.74) is 0.679. The molecule has 2 aromatic heterocycles. The molecule has 1 aliphatic rings.